The van der Waals surface area contributed by atoms with Gasteiger partial charge in [-0.1, -0.05) is 33.3 Å². The zero-order valence-electron chi connectivity index (χ0n) is 17.0. The molecular formula is C24H36O3. The number of carboxylic acid groups (broad SMARTS) is 1. The normalized spacial score (nSPS) is 49.3. The van der Waals surface area contributed by atoms with Crippen molar-refractivity contribution in [2.24, 2.45) is 34.5 Å². The van der Waals surface area contributed by atoms with Gasteiger partial charge in [-0.25, -0.2) is 4.79 Å². The molecule has 3 heteroatoms. The predicted octanol–water partition coefficient (Wildman–Crippen LogP) is 5.35. The Kier molecular flexibility index (Phi) is 4.61. The van der Waals surface area contributed by atoms with E-state index in [0.717, 1.165) is 37.2 Å². The van der Waals surface area contributed by atoms with E-state index in [1.165, 1.54) is 51.0 Å². The molecule has 4 saturated carbocycles. The minimum absolute atomic E-state index is 0.175. The van der Waals surface area contributed by atoms with Crippen molar-refractivity contribution in [3.8, 4) is 0 Å². The minimum Gasteiger partial charge on any atom is -0.478 e. The Morgan fingerprint density at radius 3 is 2.44 bits per heavy atom. The minimum atomic E-state index is -0.980. The van der Waals surface area contributed by atoms with Crippen LogP contribution in [-0.2, 0) is 4.79 Å². The molecule has 0 saturated heterocycles. The molecule has 150 valence electrons. The standard InChI is InChI=1S/C24H36O3/c1-16(7-10-21(25)26)24(27)15-12-20-18-9-8-17-6-4-5-13-22(17,2)19(18)11-14-23(20,24)3/h7,10,17-20,27H,1,4-6,8-9,11-15H2,2-3H3,(H,25,26)/b10-7+/t17?,18-,19+,20+,22+,23+,24+/m1/s1. The molecule has 4 aliphatic carbocycles. The van der Waals surface area contributed by atoms with Crippen LogP contribution in [0, 0.1) is 34.5 Å². The number of rotatable bonds is 3. The van der Waals surface area contributed by atoms with Gasteiger partial charge in [-0.3, -0.25) is 0 Å². The van der Waals surface area contributed by atoms with E-state index in [2.05, 4.69) is 20.4 Å². The van der Waals surface area contributed by atoms with Gasteiger partial charge in [0.2, 0.25) is 0 Å². The molecular weight excluding hydrogens is 336 g/mol. The van der Waals surface area contributed by atoms with E-state index >= 15 is 0 Å². The van der Waals surface area contributed by atoms with Crippen molar-refractivity contribution in [1.29, 1.82) is 0 Å². The Labute approximate surface area is 163 Å². The Morgan fingerprint density at radius 2 is 1.70 bits per heavy atom. The Hall–Kier alpha value is -1.09. The van der Waals surface area contributed by atoms with Crippen LogP contribution in [-0.4, -0.2) is 21.8 Å². The highest BCUT2D eigenvalue weighted by Gasteiger charge is 2.64. The van der Waals surface area contributed by atoms with E-state index in [4.69, 9.17) is 5.11 Å². The Balaban J connectivity index is 1.61. The third-order valence-corrected chi connectivity index (χ3v) is 9.69. The molecule has 0 spiro atoms. The first-order chi connectivity index (χ1) is 12.7. The third kappa shape index (κ3) is 2.68. The Bertz CT molecular complexity index is 667. The smallest absolute Gasteiger partial charge is 0.328 e. The van der Waals surface area contributed by atoms with Crippen LogP contribution in [0.2, 0.25) is 0 Å². The summed E-state index contributed by atoms with van der Waals surface area (Å²) in [4.78, 5) is 10.9. The van der Waals surface area contributed by atoms with E-state index in [-0.39, 0.29) is 5.41 Å². The molecule has 0 amide bonds. The summed E-state index contributed by atoms with van der Waals surface area (Å²) in [5, 5.41) is 20.6. The zero-order valence-corrected chi connectivity index (χ0v) is 17.0. The second-order valence-corrected chi connectivity index (χ2v) is 10.5. The van der Waals surface area contributed by atoms with Crippen molar-refractivity contribution in [1.82, 2.24) is 0 Å². The second-order valence-electron chi connectivity index (χ2n) is 10.5. The predicted molar refractivity (Wildman–Crippen MR) is 107 cm³/mol. The molecule has 0 radical (unpaired) electrons. The lowest BCUT2D eigenvalue weighted by Gasteiger charge is -2.61. The van der Waals surface area contributed by atoms with Gasteiger partial charge in [0.25, 0.3) is 0 Å². The zero-order chi connectivity index (χ0) is 19.4. The van der Waals surface area contributed by atoms with Crippen molar-refractivity contribution in [3.05, 3.63) is 24.3 Å². The van der Waals surface area contributed by atoms with Crippen LogP contribution >= 0.6 is 0 Å². The van der Waals surface area contributed by atoms with Gasteiger partial charge in [0.1, 0.15) is 0 Å². The molecule has 0 aromatic heterocycles. The largest absolute Gasteiger partial charge is 0.478 e. The van der Waals surface area contributed by atoms with E-state index in [0.29, 0.717) is 22.8 Å². The molecule has 3 nitrogen and oxygen atoms in total. The number of carboxylic acids is 1. The van der Waals surface area contributed by atoms with Crippen molar-refractivity contribution >= 4 is 5.97 Å². The highest BCUT2D eigenvalue weighted by atomic mass is 16.4. The first kappa shape index (κ1) is 19.2. The fourth-order valence-corrected chi connectivity index (χ4v) is 8.15. The lowest BCUT2D eigenvalue weighted by molar-refractivity contribution is -0.139. The lowest BCUT2D eigenvalue weighted by Crippen LogP contribution is -2.56. The molecule has 0 heterocycles. The maximum atomic E-state index is 11.7. The summed E-state index contributed by atoms with van der Waals surface area (Å²) < 4.78 is 0. The van der Waals surface area contributed by atoms with Gasteiger partial charge >= 0.3 is 5.97 Å². The molecule has 4 fully saturated rings. The Morgan fingerprint density at radius 1 is 0.963 bits per heavy atom. The van der Waals surface area contributed by atoms with Gasteiger partial charge in [0.15, 0.2) is 0 Å². The molecule has 0 bridgehead atoms. The third-order valence-electron chi connectivity index (χ3n) is 9.69. The van der Waals surface area contributed by atoms with Crippen LogP contribution in [0.5, 0.6) is 0 Å². The van der Waals surface area contributed by atoms with Crippen LogP contribution in [0.25, 0.3) is 0 Å². The number of carbonyl (C=O) groups is 1. The maximum Gasteiger partial charge on any atom is 0.328 e. The van der Waals surface area contributed by atoms with Gasteiger partial charge < -0.3 is 10.2 Å². The van der Waals surface area contributed by atoms with Crippen LogP contribution in [0.15, 0.2) is 24.3 Å². The SMILES string of the molecule is C=C(/C=C/C(=O)O)[C@@]1(O)CC[C@H]2[C@@H]3CCC4CCCC[C@]4(C)[C@H]3CC[C@@]21C. The molecule has 1 unspecified atom stereocenters. The molecule has 4 rings (SSSR count). The number of fused-ring (bicyclic) bond motifs is 5. The van der Waals surface area contributed by atoms with E-state index < -0.39 is 11.6 Å². The summed E-state index contributed by atoms with van der Waals surface area (Å²) >= 11 is 0. The van der Waals surface area contributed by atoms with Gasteiger partial charge in [0, 0.05) is 11.5 Å². The first-order valence-electron chi connectivity index (χ1n) is 11.1. The molecule has 0 aliphatic heterocycles. The van der Waals surface area contributed by atoms with E-state index in [9.17, 15) is 9.90 Å². The van der Waals surface area contributed by atoms with E-state index in [1.807, 2.05) is 0 Å². The molecule has 0 aromatic carbocycles. The molecule has 2 N–H and O–H groups in total. The summed E-state index contributed by atoms with van der Waals surface area (Å²) in [6.07, 6.45) is 15.0. The summed E-state index contributed by atoms with van der Waals surface area (Å²) in [7, 11) is 0. The van der Waals surface area contributed by atoms with E-state index in [1.54, 1.807) is 0 Å². The number of aliphatic hydroxyl groups is 1. The van der Waals surface area contributed by atoms with Crippen molar-refractivity contribution in [2.45, 2.75) is 83.7 Å². The van der Waals surface area contributed by atoms with Crippen LogP contribution in [0.3, 0.4) is 0 Å². The lowest BCUT2D eigenvalue weighted by atomic mass is 9.44. The summed E-state index contributed by atoms with van der Waals surface area (Å²) in [6, 6.07) is 0. The van der Waals surface area contributed by atoms with Crippen molar-refractivity contribution in [3.63, 3.8) is 0 Å². The monoisotopic (exact) mass is 372 g/mol. The topological polar surface area (TPSA) is 57.5 Å². The van der Waals surface area contributed by atoms with Crippen molar-refractivity contribution in [2.75, 3.05) is 0 Å². The van der Waals surface area contributed by atoms with Crippen molar-refractivity contribution < 1.29 is 15.0 Å². The highest BCUT2D eigenvalue weighted by molar-refractivity contribution is 5.80. The van der Waals surface area contributed by atoms with Gasteiger partial charge in [-0.2, -0.15) is 0 Å². The fraction of sp³-hybridized carbons (Fsp3) is 0.792. The summed E-state index contributed by atoms with van der Waals surface area (Å²) in [5.74, 6) is 1.99. The van der Waals surface area contributed by atoms with Gasteiger partial charge in [-0.05, 0) is 92.1 Å². The fourth-order valence-electron chi connectivity index (χ4n) is 8.15. The molecule has 4 aliphatic rings. The summed E-state index contributed by atoms with van der Waals surface area (Å²) in [6.45, 7) is 8.94. The second kappa shape index (κ2) is 6.47. The first-order valence-corrected chi connectivity index (χ1v) is 11.1. The maximum absolute atomic E-state index is 11.7. The van der Waals surface area contributed by atoms with Crippen LogP contribution in [0.1, 0.15) is 78.1 Å². The molecule has 27 heavy (non-hydrogen) atoms. The quantitative estimate of drug-likeness (QED) is 0.519. The highest BCUT2D eigenvalue weighted by Crippen LogP contribution is 2.69. The van der Waals surface area contributed by atoms with Gasteiger partial charge in [-0.15, -0.1) is 0 Å². The van der Waals surface area contributed by atoms with Gasteiger partial charge in [0.05, 0.1) is 5.60 Å². The number of hydrogen-bond donors (Lipinski definition) is 2. The number of hydrogen-bond acceptors (Lipinski definition) is 2. The average Bonchev–Trinajstić information content (AvgIpc) is 2.91. The van der Waals surface area contributed by atoms with Crippen LogP contribution < -0.4 is 0 Å². The summed E-state index contributed by atoms with van der Waals surface area (Å²) in [5.41, 5.74) is -0.0419. The molecule has 7 atom stereocenters. The van der Waals surface area contributed by atoms with Crippen LogP contribution in [0.4, 0.5) is 0 Å². The average molecular weight is 373 g/mol. The molecule has 0 aromatic rings. The number of aliphatic carboxylic acids is 1.